The Morgan fingerprint density at radius 2 is 1.89 bits per heavy atom. The van der Waals surface area contributed by atoms with Crippen molar-refractivity contribution in [3.63, 3.8) is 0 Å². The molecule has 6 nitrogen and oxygen atoms in total. The fourth-order valence-electron chi connectivity index (χ4n) is 3.36. The van der Waals surface area contributed by atoms with E-state index in [9.17, 15) is 13.6 Å². The maximum atomic E-state index is 14.8. The topological polar surface area (TPSA) is 69.0 Å². The lowest BCUT2D eigenvalue weighted by molar-refractivity contribution is -0.113. The van der Waals surface area contributed by atoms with Gasteiger partial charge in [-0.2, -0.15) is 0 Å². The summed E-state index contributed by atoms with van der Waals surface area (Å²) in [7, 11) is 1.91. The summed E-state index contributed by atoms with van der Waals surface area (Å²) < 4.78 is 36.4. The van der Waals surface area contributed by atoms with Crippen LogP contribution >= 0.6 is 23.1 Å². The summed E-state index contributed by atoms with van der Waals surface area (Å²) >= 11 is 2.72. The third kappa shape index (κ3) is 5.18. The van der Waals surface area contributed by atoms with Crippen LogP contribution in [0.5, 0.6) is 11.5 Å². The van der Waals surface area contributed by atoms with E-state index in [1.165, 1.54) is 47.4 Å². The van der Waals surface area contributed by atoms with E-state index in [1.807, 2.05) is 23.9 Å². The van der Waals surface area contributed by atoms with E-state index >= 15 is 0 Å². The largest absolute Gasteiger partial charge is 0.453 e. The van der Waals surface area contributed by atoms with Crippen molar-refractivity contribution in [3.05, 3.63) is 84.8 Å². The van der Waals surface area contributed by atoms with Gasteiger partial charge in [-0.25, -0.2) is 13.8 Å². The van der Waals surface area contributed by atoms with Gasteiger partial charge in [0.05, 0.1) is 20.8 Å². The molecule has 1 amide bonds. The summed E-state index contributed by atoms with van der Waals surface area (Å²) in [6.45, 7) is 0. The number of ether oxygens (including phenoxy) is 1. The molecule has 0 fully saturated rings. The number of thioether (sulfide) groups is 1. The Bertz CT molecular complexity index is 1520. The quantitative estimate of drug-likeness (QED) is 0.254. The molecule has 0 aliphatic heterocycles. The van der Waals surface area contributed by atoms with Gasteiger partial charge in [0.15, 0.2) is 11.6 Å². The van der Waals surface area contributed by atoms with Crippen molar-refractivity contribution in [2.45, 2.75) is 4.90 Å². The summed E-state index contributed by atoms with van der Waals surface area (Å²) in [5.74, 6) is 0.176. The third-order valence-corrected chi connectivity index (χ3v) is 7.18. The van der Waals surface area contributed by atoms with Gasteiger partial charge in [-0.3, -0.25) is 9.78 Å². The van der Waals surface area contributed by atoms with Crippen LogP contribution in [0.25, 0.3) is 20.9 Å². The highest BCUT2D eigenvalue weighted by Gasteiger charge is 2.15. The number of rotatable bonds is 7. The molecule has 0 spiro atoms. The van der Waals surface area contributed by atoms with Crippen molar-refractivity contribution >= 4 is 44.9 Å². The number of benzene rings is 2. The van der Waals surface area contributed by atoms with Crippen LogP contribution in [0.15, 0.2) is 78.1 Å². The number of thiophene rings is 1. The zero-order valence-corrected chi connectivity index (χ0v) is 20.0. The molecule has 0 radical (unpaired) electrons. The Hall–Kier alpha value is -3.76. The second-order valence-corrected chi connectivity index (χ2v) is 9.63. The fraction of sp³-hybridized carbons (Fsp3) is 0.0800. The van der Waals surface area contributed by atoms with Crippen LogP contribution in [0.4, 0.5) is 14.5 Å². The molecule has 5 aromatic rings. The number of anilines is 1. The lowest BCUT2D eigenvalue weighted by Crippen LogP contribution is -2.14. The number of amides is 1. The first-order valence-corrected chi connectivity index (χ1v) is 12.3. The molecule has 0 saturated carbocycles. The van der Waals surface area contributed by atoms with E-state index in [1.54, 1.807) is 36.7 Å². The molecular weight excluding hydrogens is 490 g/mol. The van der Waals surface area contributed by atoms with Gasteiger partial charge in [-0.15, -0.1) is 23.1 Å². The second-order valence-electron chi connectivity index (χ2n) is 7.53. The molecule has 0 atom stereocenters. The molecule has 0 bridgehead atoms. The number of hydrogen-bond acceptors (Lipinski definition) is 6. The van der Waals surface area contributed by atoms with Crippen molar-refractivity contribution < 1.29 is 18.3 Å². The zero-order valence-electron chi connectivity index (χ0n) is 18.4. The summed E-state index contributed by atoms with van der Waals surface area (Å²) in [5, 5.41) is 2.66. The lowest BCUT2D eigenvalue weighted by Gasteiger charge is -2.10. The molecule has 35 heavy (non-hydrogen) atoms. The number of imidazole rings is 1. The molecule has 10 heteroatoms. The van der Waals surface area contributed by atoms with Crippen LogP contribution in [0.2, 0.25) is 0 Å². The minimum Gasteiger partial charge on any atom is -0.453 e. The Kier molecular flexibility index (Phi) is 6.47. The van der Waals surface area contributed by atoms with Gasteiger partial charge in [0.2, 0.25) is 5.91 Å². The summed E-state index contributed by atoms with van der Waals surface area (Å²) in [6.07, 6.45) is 5.20. The highest BCUT2D eigenvalue weighted by Crippen LogP contribution is 2.39. The Morgan fingerprint density at radius 1 is 1.06 bits per heavy atom. The van der Waals surface area contributed by atoms with Gasteiger partial charge in [0.1, 0.15) is 17.4 Å². The monoisotopic (exact) mass is 508 g/mol. The van der Waals surface area contributed by atoms with Crippen LogP contribution < -0.4 is 10.1 Å². The number of aryl methyl sites for hydroxylation is 1. The average molecular weight is 509 g/mol. The van der Waals surface area contributed by atoms with Gasteiger partial charge in [-0.05, 0) is 42.5 Å². The van der Waals surface area contributed by atoms with Crippen LogP contribution in [-0.2, 0) is 11.8 Å². The third-order valence-electron chi connectivity index (χ3n) is 5.04. The van der Waals surface area contributed by atoms with E-state index in [2.05, 4.69) is 15.3 Å². The maximum absolute atomic E-state index is 14.8. The Morgan fingerprint density at radius 3 is 2.63 bits per heavy atom. The molecule has 3 aromatic heterocycles. The van der Waals surface area contributed by atoms with Crippen molar-refractivity contribution in [2.75, 3.05) is 11.1 Å². The van der Waals surface area contributed by atoms with Crippen molar-refractivity contribution in [3.8, 4) is 22.2 Å². The number of pyridine rings is 1. The van der Waals surface area contributed by atoms with Crippen LogP contribution in [-0.4, -0.2) is 26.2 Å². The predicted octanol–water partition coefficient (Wildman–Crippen LogP) is 6.50. The number of halogens is 2. The molecule has 0 saturated heterocycles. The van der Waals surface area contributed by atoms with E-state index in [-0.39, 0.29) is 23.2 Å². The van der Waals surface area contributed by atoms with Crippen LogP contribution in [0, 0.1) is 11.6 Å². The second kappa shape index (κ2) is 9.85. The highest BCUT2D eigenvalue weighted by atomic mass is 32.2. The predicted molar refractivity (Wildman–Crippen MR) is 134 cm³/mol. The molecule has 176 valence electrons. The van der Waals surface area contributed by atoms with E-state index < -0.39 is 5.82 Å². The number of carbonyl (C=O) groups excluding carboxylic acids is 1. The number of nitrogens with zero attached hydrogens (tertiary/aromatic N) is 3. The lowest BCUT2D eigenvalue weighted by atomic mass is 10.3. The van der Waals surface area contributed by atoms with Crippen LogP contribution in [0.1, 0.15) is 0 Å². The van der Waals surface area contributed by atoms with E-state index in [0.29, 0.717) is 11.4 Å². The summed E-state index contributed by atoms with van der Waals surface area (Å²) in [4.78, 5) is 22.7. The first-order valence-electron chi connectivity index (χ1n) is 10.5. The summed E-state index contributed by atoms with van der Waals surface area (Å²) in [5.41, 5.74) is 1.04. The van der Waals surface area contributed by atoms with Crippen molar-refractivity contribution in [1.29, 1.82) is 0 Å². The molecule has 3 heterocycles. The van der Waals surface area contributed by atoms with E-state index in [4.69, 9.17) is 4.74 Å². The maximum Gasteiger partial charge on any atom is 0.234 e. The summed E-state index contributed by atoms with van der Waals surface area (Å²) in [6, 6.07) is 13.7. The molecule has 5 rings (SSSR count). The Labute approximate surface area is 207 Å². The SMILES string of the molecule is Cn1ccnc1-c1cc2nccc(Oc3ccc(NC(=O)CSc4ccc(F)cc4)cc3F)c2s1. The Balaban J connectivity index is 1.28. The van der Waals surface area contributed by atoms with Crippen molar-refractivity contribution in [1.82, 2.24) is 14.5 Å². The van der Waals surface area contributed by atoms with Crippen molar-refractivity contribution in [2.24, 2.45) is 7.05 Å². The molecule has 0 aliphatic rings. The smallest absolute Gasteiger partial charge is 0.234 e. The van der Waals surface area contributed by atoms with Gasteiger partial charge >= 0.3 is 0 Å². The standard InChI is InChI=1S/C25H18F2N4O2S2/c1-31-11-10-29-25(31)22-13-19-24(35-22)21(8-9-28-19)33-20-7-4-16(12-18(20)27)30-23(32)14-34-17-5-2-15(26)3-6-17/h2-13H,14H2,1H3,(H,30,32). The molecule has 0 unspecified atom stereocenters. The number of fused-ring (bicyclic) bond motifs is 1. The number of carbonyl (C=O) groups is 1. The zero-order chi connectivity index (χ0) is 24.4. The highest BCUT2D eigenvalue weighted by molar-refractivity contribution is 8.00. The normalized spacial score (nSPS) is 11.1. The van der Waals surface area contributed by atoms with Gasteiger partial charge in [-0.1, -0.05) is 0 Å². The fourth-order valence-corrected chi connectivity index (χ4v) is 5.17. The van der Waals surface area contributed by atoms with E-state index in [0.717, 1.165) is 25.8 Å². The minimum absolute atomic E-state index is 0.0307. The average Bonchev–Trinajstić information content (AvgIpc) is 3.47. The van der Waals surface area contributed by atoms with Gasteiger partial charge in [0.25, 0.3) is 0 Å². The number of hydrogen-bond donors (Lipinski definition) is 1. The minimum atomic E-state index is -0.611. The van der Waals surface area contributed by atoms with Gasteiger partial charge in [0, 0.05) is 48.4 Å². The molecular formula is C25H18F2N4O2S2. The van der Waals surface area contributed by atoms with Crippen LogP contribution in [0.3, 0.4) is 0 Å². The number of aromatic nitrogens is 3. The first-order chi connectivity index (χ1) is 17.0. The van der Waals surface area contributed by atoms with Gasteiger partial charge < -0.3 is 14.6 Å². The molecule has 1 N–H and O–H groups in total. The first kappa shape index (κ1) is 23.0. The number of nitrogens with one attached hydrogen (secondary N) is 1. The molecule has 2 aromatic carbocycles. The molecule has 0 aliphatic carbocycles.